The molecular formula is C15H21N3O2S. The first kappa shape index (κ1) is 15.6. The van der Waals surface area contributed by atoms with E-state index in [1.165, 1.54) is 5.56 Å². The molecule has 1 atom stereocenters. The smallest absolute Gasteiger partial charge is 0.315 e. The molecule has 0 bridgehead atoms. The maximum Gasteiger partial charge on any atom is 0.315 e. The van der Waals surface area contributed by atoms with E-state index in [-0.39, 0.29) is 12.1 Å². The Hall–Kier alpha value is -1.82. The molecule has 2 N–H and O–H groups in total. The summed E-state index contributed by atoms with van der Waals surface area (Å²) in [5.41, 5.74) is 3.06. The van der Waals surface area contributed by atoms with Crippen LogP contribution in [0.15, 0.2) is 21.3 Å². The molecule has 0 aliphatic rings. The molecule has 2 rings (SSSR count). The Morgan fingerprint density at radius 1 is 1.48 bits per heavy atom. The van der Waals surface area contributed by atoms with Gasteiger partial charge in [0.2, 0.25) is 0 Å². The Morgan fingerprint density at radius 3 is 2.86 bits per heavy atom. The second kappa shape index (κ2) is 7.26. The number of carbonyl (C=O) groups excluding carboxylic acids is 1. The number of hydrogen-bond acceptors (Lipinski definition) is 4. The van der Waals surface area contributed by atoms with Crippen molar-refractivity contribution in [3.63, 3.8) is 0 Å². The van der Waals surface area contributed by atoms with Crippen molar-refractivity contribution in [3.05, 3.63) is 39.4 Å². The zero-order chi connectivity index (χ0) is 15.2. The lowest BCUT2D eigenvalue weighted by molar-refractivity contribution is 0.236. The minimum atomic E-state index is -0.155. The predicted molar refractivity (Wildman–Crippen MR) is 83.6 cm³/mol. The standard InChI is InChI=1S/C15H21N3O2S/c1-4-13(14-10(2)18-20-11(14)3)17-15(19)16-7-5-12-6-8-21-9-12/h6,8-9,13H,4-5,7H2,1-3H3,(H2,16,17,19)/t13-/m0/s1. The average molecular weight is 307 g/mol. The van der Waals surface area contributed by atoms with Crippen molar-refractivity contribution in [2.45, 2.75) is 39.7 Å². The van der Waals surface area contributed by atoms with Crippen LogP contribution in [-0.4, -0.2) is 17.7 Å². The van der Waals surface area contributed by atoms with Crippen molar-refractivity contribution in [2.24, 2.45) is 0 Å². The number of nitrogens with zero attached hydrogens (tertiary/aromatic N) is 1. The third kappa shape index (κ3) is 4.07. The van der Waals surface area contributed by atoms with Gasteiger partial charge >= 0.3 is 6.03 Å². The van der Waals surface area contributed by atoms with Crippen molar-refractivity contribution in [3.8, 4) is 0 Å². The molecule has 2 aromatic rings. The summed E-state index contributed by atoms with van der Waals surface area (Å²) in [5, 5.41) is 14.0. The fourth-order valence-electron chi connectivity index (χ4n) is 2.33. The van der Waals surface area contributed by atoms with Crippen LogP contribution in [0.25, 0.3) is 0 Å². The highest BCUT2D eigenvalue weighted by molar-refractivity contribution is 7.07. The molecule has 114 valence electrons. The predicted octanol–water partition coefficient (Wildman–Crippen LogP) is 3.35. The maximum absolute atomic E-state index is 12.0. The van der Waals surface area contributed by atoms with Gasteiger partial charge in [-0.25, -0.2) is 4.79 Å². The topological polar surface area (TPSA) is 67.2 Å². The summed E-state index contributed by atoms with van der Waals surface area (Å²) < 4.78 is 5.17. The van der Waals surface area contributed by atoms with Gasteiger partial charge in [-0.05, 0) is 49.1 Å². The lowest BCUT2D eigenvalue weighted by Gasteiger charge is -2.17. The quantitative estimate of drug-likeness (QED) is 0.860. The summed E-state index contributed by atoms with van der Waals surface area (Å²) in [4.78, 5) is 12.0. The van der Waals surface area contributed by atoms with Crippen molar-refractivity contribution < 1.29 is 9.32 Å². The van der Waals surface area contributed by atoms with E-state index in [0.29, 0.717) is 6.54 Å². The highest BCUT2D eigenvalue weighted by atomic mass is 32.1. The fourth-order valence-corrected chi connectivity index (χ4v) is 3.03. The minimum Gasteiger partial charge on any atom is -0.361 e. The van der Waals surface area contributed by atoms with Crippen LogP contribution in [0.4, 0.5) is 4.79 Å². The van der Waals surface area contributed by atoms with E-state index in [1.807, 2.05) is 26.2 Å². The number of nitrogens with one attached hydrogen (secondary N) is 2. The molecule has 0 aromatic carbocycles. The van der Waals surface area contributed by atoms with E-state index in [0.717, 1.165) is 29.9 Å². The van der Waals surface area contributed by atoms with Gasteiger partial charge in [0.25, 0.3) is 0 Å². The zero-order valence-corrected chi connectivity index (χ0v) is 13.4. The molecule has 0 aliphatic heterocycles. The van der Waals surface area contributed by atoms with Gasteiger partial charge < -0.3 is 15.2 Å². The monoisotopic (exact) mass is 307 g/mol. The third-order valence-corrected chi connectivity index (χ3v) is 4.16. The van der Waals surface area contributed by atoms with Gasteiger partial charge in [0.15, 0.2) is 0 Å². The average Bonchev–Trinajstić information content (AvgIpc) is 3.07. The van der Waals surface area contributed by atoms with Gasteiger partial charge in [-0.3, -0.25) is 0 Å². The van der Waals surface area contributed by atoms with Crippen LogP contribution in [0.2, 0.25) is 0 Å². The normalized spacial score (nSPS) is 12.1. The van der Waals surface area contributed by atoms with Gasteiger partial charge in [0.1, 0.15) is 5.76 Å². The molecule has 0 aliphatic carbocycles. The molecule has 5 nitrogen and oxygen atoms in total. The van der Waals surface area contributed by atoms with Crippen molar-refractivity contribution in [1.82, 2.24) is 15.8 Å². The van der Waals surface area contributed by atoms with E-state index in [9.17, 15) is 4.79 Å². The fraction of sp³-hybridized carbons (Fsp3) is 0.467. The number of carbonyl (C=O) groups is 1. The first-order chi connectivity index (χ1) is 10.1. The number of hydrogen-bond donors (Lipinski definition) is 2. The van der Waals surface area contributed by atoms with Gasteiger partial charge in [0.05, 0.1) is 11.7 Å². The second-order valence-electron chi connectivity index (χ2n) is 4.98. The second-order valence-corrected chi connectivity index (χ2v) is 5.76. The molecule has 0 fully saturated rings. The molecule has 0 unspecified atom stereocenters. The molecular weight excluding hydrogens is 286 g/mol. The van der Waals surface area contributed by atoms with E-state index >= 15 is 0 Å². The van der Waals surface area contributed by atoms with Crippen LogP contribution in [0.5, 0.6) is 0 Å². The van der Waals surface area contributed by atoms with Crippen LogP contribution in [0.3, 0.4) is 0 Å². The number of rotatable bonds is 6. The molecule has 0 saturated carbocycles. The van der Waals surface area contributed by atoms with E-state index in [1.54, 1.807) is 11.3 Å². The molecule has 21 heavy (non-hydrogen) atoms. The van der Waals surface area contributed by atoms with Gasteiger partial charge in [0, 0.05) is 12.1 Å². The number of urea groups is 1. The van der Waals surface area contributed by atoms with Crippen LogP contribution in [-0.2, 0) is 6.42 Å². The van der Waals surface area contributed by atoms with Crippen molar-refractivity contribution >= 4 is 17.4 Å². The minimum absolute atomic E-state index is 0.0719. The van der Waals surface area contributed by atoms with Crippen molar-refractivity contribution in [1.29, 1.82) is 0 Å². The van der Waals surface area contributed by atoms with Crippen LogP contribution in [0, 0.1) is 13.8 Å². The summed E-state index contributed by atoms with van der Waals surface area (Å²) in [7, 11) is 0. The summed E-state index contributed by atoms with van der Waals surface area (Å²) >= 11 is 1.67. The Morgan fingerprint density at radius 2 is 2.29 bits per heavy atom. The number of aromatic nitrogens is 1. The van der Waals surface area contributed by atoms with Crippen LogP contribution >= 0.6 is 11.3 Å². The molecule has 2 amide bonds. The summed E-state index contributed by atoms with van der Waals surface area (Å²) in [6, 6.07) is 1.85. The maximum atomic E-state index is 12.0. The molecule has 2 heterocycles. The number of aryl methyl sites for hydroxylation is 2. The largest absolute Gasteiger partial charge is 0.361 e. The lowest BCUT2D eigenvalue weighted by Crippen LogP contribution is -2.39. The molecule has 2 aromatic heterocycles. The Balaban J connectivity index is 1.85. The summed E-state index contributed by atoms with van der Waals surface area (Å²) in [6.07, 6.45) is 1.64. The molecule has 0 spiro atoms. The SMILES string of the molecule is CC[C@H](NC(=O)NCCc1ccsc1)c1c(C)noc1C. The molecule has 6 heteroatoms. The Labute approximate surface area is 128 Å². The molecule has 0 saturated heterocycles. The molecule has 0 radical (unpaired) electrons. The Kier molecular flexibility index (Phi) is 5.38. The lowest BCUT2D eigenvalue weighted by atomic mass is 10.0. The van der Waals surface area contributed by atoms with Crippen LogP contribution < -0.4 is 10.6 Å². The first-order valence-electron chi connectivity index (χ1n) is 7.10. The first-order valence-corrected chi connectivity index (χ1v) is 8.04. The summed E-state index contributed by atoms with van der Waals surface area (Å²) in [6.45, 7) is 6.42. The highest BCUT2D eigenvalue weighted by Gasteiger charge is 2.20. The van der Waals surface area contributed by atoms with E-state index in [2.05, 4.69) is 27.2 Å². The van der Waals surface area contributed by atoms with Gasteiger partial charge in [-0.15, -0.1) is 0 Å². The third-order valence-electron chi connectivity index (χ3n) is 3.43. The number of thiophene rings is 1. The zero-order valence-electron chi connectivity index (χ0n) is 12.6. The Bertz CT molecular complexity index is 558. The van der Waals surface area contributed by atoms with E-state index in [4.69, 9.17) is 4.52 Å². The van der Waals surface area contributed by atoms with Crippen molar-refractivity contribution in [2.75, 3.05) is 6.54 Å². The summed E-state index contributed by atoms with van der Waals surface area (Å²) in [5.74, 6) is 0.762. The van der Waals surface area contributed by atoms with E-state index < -0.39 is 0 Å². The van der Waals surface area contributed by atoms with Gasteiger partial charge in [-0.1, -0.05) is 12.1 Å². The number of amides is 2. The highest BCUT2D eigenvalue weighted by Crippen LogP contribution is 2.23. The van der Waals surface area contributed by atoms with Crippen LogP contribution in [0.1, 0.15) is 42.0 Å². The van der Waals surface area contributed by atoms with Gasteiger partial charge in [-0.2, -0.15) is 11.3 Å².